The van der Waals surface area contributed by atoms with Gasteiger partial charge in [-0.15, -0.1) is 0 Å². The Balaban J connectivity index is 1.90. The van der Waals surface area contributed by atoms with Gasteiger partial charge >= 0.3 is 11.9 Å². The van der Waals surface area contributed by atoms with Crippen LogP contribution in [0.25, 0.3) is 0 Å². The van der Waals surface area contributed by atoms with Crippen molar-refractivity contribution < 1.29 is 69.1 Å². The Kier molecular flexibility index (Phi) is 9.33. The molecular weight excluding hydrogens is 524 g/mol. The van der Waals surface area contributed by atoms with Crippen LogP contribution in [0.4, 0.5) is 0 Å². The van der Waals surface area contributed by atoms with Gasteiger partial charge in [0.15, 0.2) is 24.3 Å². The molecule has 39 heavy (non-hydrogen) atoms. The number of aliphatic hydroxyl groups is 5. The molecule has 14 nitrogen and oxygen atoms in total. The normalized spacial score (nSPS) is 29.6. The van der Waals surface area contributed by atoms with E-state index in [0.717, 1.165) is 6.92 Å². The summed E-state index contributed by atoms with van der Waals surface area (Å²) in [6, 6.07) is 2.73. The quantitative estimate of drug-likeness (QED) is 0.0978. The van der Waals surface area contributed by atoms with E-state index in [1.54, 1.807) is 0 Å². The number of fused-ring (bicyclic) bond motifs is 1. The van der Waals surface area contributed by atoms with Crippen molar-refractivity contribution in [1.82, 2.24) is 0 Å². The maximum absolute atomic E-state index is 12.5. The second kappa shape index (κ2) is 12.0. The summed E-state index contributed by atoms with van der Waals surface area (Å²) in [5.41, 5.74) is -1.96. The summed E-state index contributed by atoms with van der Waals surface area (Å²) in [5, 5.41) is 70.8. The van der Waals surface area contributed by atoms with Gasteiger partial charge in [-0.3, -0.25) is 14.4 Å². The number of phenols is 1. The highest BCUT2D eigenvalue weighted by atomic mass is 16.7. The molecule has 0 aromatic heterocycles. The topological polar surface area (TPSA) is 230 Å². The Morgan fingerprint density at radius 2 is 1.79 bits per heavy atom. The fourth-order valence-electron chi connectivity index (χ4n) is 4.47. The zero-order valence-corrected chi connectivity index (χ0v) is 21.2. The number of carboxylic acid groups (broad SMARTS) is 1. The molecule has 2 aliphatic heterocycles. The van der Waals surface area contributed by atoms with Gasteiger partial charge in [0.1, 0.15) is 35.9 Å². The number of carbonyl (C=O) groups is 3. The van der Waals surface area contributed by atoms with Crippen molar-refractivity contribution in [1.29, 1.82) is 0 Å². The molecule has 0 saturated carbocycles. The average Bonchev–Trinajstić information content (AvgIpc) is 3.20. The number of ketones is 1. The number of ether oxygens (including phenoxy) is 4. The molecule has 0 unspecified atom stereocenters. The van der Waals surface area contributed by atoms with Crippen molar-refractivity contribution in [3.05, 3.63) is 35.4 Å². The number of esters is 1. The standard InChI is InChI=1S/C25H32O14/c1-10(8-26)21-22(17-13(36-21)5-4-12(11(2)28)18(17)32)39-24-20(34)23(19(33)14(9-27)37-24)38-16(31)7-25(3,35)6-15(29)30/h4-5,14,19-24,26-27,32-35H,1,6-9H2,2-3H3,(H,29,30)/t14-,19-,20-,21+,22-,23+,24-,25-/m1/s1. The molecule has 0 bridgehead atoms. The zero-order valence-electron chi connectivity index (χ0n) is 21.2. The molecule has 216 valence electrons. The predicted octanol–water partition coefficient (Wildman–Crippen LogP) is -1.07. The van der Waals surface area contributed by atoms with Crippen LogP contribution in [0, 0.1) is 0 Å². The number of aromatic hydroxyl groups is 1. The van der Waals surface area contributed by atoms with Gasteiger partial charge < -0.3 is 54.7 Å². The summed E-state index contributed by atoms with van der Waals surface area (Å²) in [6.45, 7) is 4.68. The summed E-state index contributed by atoms with van der Waals surface area (Å²) in [5.74, 6) is -3.39. The van der Waals surface area contributed by atoms with Crippen molar-refractivity contribution in [2.75, 3.05) is 13.2 Å². The Labute approximate surface area is 222 Å². The smallest absolute Gasteiger partial charge is 0.309 e. The molecule has 1 saturated heterocycles. The maximum Gasteiger partial charge on any atom is 0.309 e. The number of aliphatic hydroxyl groups excluding tert-OH is 4. The molecule has 1 aromatic carbocycles. The van der Waals surface area contributed by atoms with Crippen molar-refractivity contribution >= 4 is 17.7 Å². The van der Waals surface area contributed by atoms with Crippen LogP contribution in [0.5, 0.6) is 11.5 Å². The number of carbonyl (C=O) groups excluding carboxylic acids is 2. The number of benzene rings is 1. The van der Waals surface area contributed by atoms with E-state index in [1.165, 1.54) is 19.1 Å². The van der Waals surface area contributed by atoms with Crippen molar-refractivity contribution in [2.45, 2.75) is 75.2 Å². The van der Waals surface area contributed by atoms with Gasteiger partial charge in [0.2, 0.25) is 0 Å². The largest absolute Gasteiger partial charge is 0.507 e. The molecule has 2 aliphatic rings. The lowest BCUT2D eigenvalue weighted by atomic mass is 9.95. The second-order valence-electron chi connectivity index (χ2n) is 9.75. The van der Waals surface area contributed by atoms with Crippen molar-refractivity contribution in [3.8, 4) is 11.5 Å². The molecule has 3 rings (SSSR count). The SMILES string of the molecule is C=C(CO)[C@@H]1Oc2ccc(C(C)=O)c(O)c2[C@H]1O[C@H]1O[C@H](CO)[C@@H](O)[C@H](OC(=O)C[C@](C)(O)CC(=O)O)[C@H]1O. The Bertz CT molecular complexity index is 1110. The highest BCUT2D eigenvalue weighted by Gasteiger charge is 2.51. The summed E-state index contributed by atoms with van der Waals surface area (Å²) < 4.78 is 22.3. The number of hydrogen-bond donors (Lipinski definition) is 7. The first-order valence-electron chi connectivity index (χ1n) is 11.9. The van der Waals surface area contributed by atoms with Crippen LogP contribution in [0.3, 0.4) is 0 Å². The fraction of sp³-hybridized carbons (Fsp3) is 0.560. The van der Waals surface area contributed by atoms with E-state index in [0.29, 0.717) is 0 Å². The molecule has 14 heteroatoms. The van der Waals surface area contributed by atoms with Crippen LogP contribution >= 0.6 is 0 Å². The molecule has 7 N–H and O–H groups in total. The molecule has 2 heterocycles. The summed E-state index contributed by atoms with van der Waals surface area (Å²) in [6.07, 6.45) is -12.6. The van der Waals surface area contributed by atoms with Crippen molar-refractivity contribution in [3.63, 3.8) is 0 Å². The lowest BCUT2D eigenvalue weighted by Gasteiger charge is -2.42. The first-order valence-corrected chi connectivity index (χ1v) is 11.9. The van der Waals surface area contributed by atoms with Crippen LogP contribution in [0.1, 0.15) is 48.7 Å². The highest BCUT2D eigenvalue weighted by molar-refractivity contribution is 5.97. The number of Topliss-reactive ketones (excluding diaryl/α,β-unsaturated/α-hetero) is 1. The third-order valence-corrected chi connectivity index (χ3v) is 6.40. The van der Waals surface area contributed by atoms with E-state index >= 15 is 0 Å². The lowest BCUT2D eigenvalue weighted by molar-refractivity contribution is -0.316. The first-order chi connectivity index (χ1) is 18.2. The van der Waals surface area contributed by atoms with Crippen LogP contribution < -0.4 is 4.74 Å². The third kappa shape index (κ3) is 6.55. The molecular formula is C25H32O14. The number of phenolic OH excluding ortho intramolecular Hbond substituents is 1. The van der Waals surface area contributed by atoms with E-state index in [-0.39, 0.29) is 22.4 Å². The molecule has 0 amide bonds. The Hall–Kier alpha value is -3.11. The van der Waals surface area contributed by atoms with E-state index in [9.17, 15) is 45.0 Å². The fourth-order valence-corrected chi connectivity index (χ4v) is 4.47. The van der Waals surface area contributed by atoms with Crippen LogP contribution in [-0.4, -0.2) is 109 Å². The molecule has 0 aliphatic carbocycles. The summed E-state index contributed by atoms with van der Waals surface area (Å²) in [4.78, 5) is 35.4. The predicted molar refractivity (Wildman–Crippen MR) is 128 cm³/mol. The minimum atomic E-state index is -2.00. The lowest BCUT2D eigenvalue weighted by Crippen LogP contribution is -2.61. The van der Waals surface area contributed by atoms with Gasteiger partial charge in [-0.2, -0.15) is 0 Å². The third-order valence-electron chi connectivity index (χ3n) is 6.40. The molecule has 8 atom stereocenters. The minimum absolute atomic E-state index is 0.0111. The number of rotatable bonds is 11. The van der Waals surface area contributed by atoms with Gasteiger partial charge in [-0.25, -0.2) is 0 Å². The maximum atomic E-state index is 12.5. The van der Waals surface area contributed by atoms with E-state index in [2.05, 4.69) is 6.58 Å². The van der Waals surface area contributed by atoms with E-state index in [4.69, 9.17) is 24.1 Å². The van der Waals surface area contributed by atoms with Crippen LogP contribution in [-0.2, 0) is 23.8 Å². The van der Waals surface area contributed by atoms with Crippen LogP contribution in [0.15, 0.2) is 24.3 Å². The average molecular weight is 557 g/mol. The van der Waals surface area contributed by atoms with Gasteiger partial charge in [-0.1, -0.05) is 6.58 Å². The van der Waals surface area contributed by atoms with E-state index < -0.39 is 98.0 Å². The second-order valence-corrected chi connectivity index (χ2v) is 9.75. The van der Waals surface area contributed by atoms with E-state index in [1.807, 2.05) is 0 Å². The summed E-state index contributed by atoms with van der Waals surface area (Å²) in [7, 11) is 0. The van der Waals surface area contributed by atoms with Gasteiger partial charge in [0, 0.05) is 0 Å². The number of hydrogen-bond acceptors (Lipinski definition) is 13. The number of aliphatic carboxylic acids is 1. The number of carboxylic acids is 1. The Morgan fingerprint density at radius 1 is 1.13 bits per heavy atom. The van der Waals surface area contributed by atoms with Crippen molar-refractivity contribution in [2.24, 2.45) is 0 Å². The van der Waals surface area contributed by atoms with Crippen LogP contribution in [0.2, 0.25) is 0 Å². The molecule has 1 aromatic rings. The molecule has 0 radical (unpaired) electrons. The van der Waals surface area contributed by atoms with Gasteiger partial charge in [0.05, 0.1) is 42.8 Å². The van der Waals surface area contributed by atoms with Gasteiger partial charge in [-0.05, 0) is 31.6 Å². The summed E-state index contributed by atoms with van der Waals surface area (Å²) >= 11 is 0. The molecule has 0 spiro atoms. The minimum Gasteiger partial charge on any atom is -0.507 e. The highest BCUT2D eigenvalue weighted by Crippen LogP contribution is 2.48. The monoisotopic (exact) mass is 556 g/mol. The zero-order chi connectivity index (χ0) is 29.2. The first kappa shape index (κ1) is 30.4. The Morgan fingerprint density at radius 3 is 2.36 bits per heavy atom. The van der Waals surface area contributed by atoms with Gasteiger partial charge in [0.25, 0.3) is 0 Å². The molecule has 1 fully saturated rings.